The highest BCUT2D eigenvalue weighted by Crippen LogP contribution is 2.45. The zero-order valence-corrected chi connectivity index (χ0v) is 24.3. The maximum Gasteiger partial charge on any atom is 0.319 e. The summed E-state index contributed by atoms with van der Waals surface area (Å²) >= 11 is 0. The Morgan fingerprint density at radius 2 is 1.84 bits per heavy atom. The van der Waals surface area contributed by atoms with Crippen molar-refractivity contribution in [2.75, 3.05) is 24.6 Å². The lowest BCUT2D eigenvalue weighted by atomic mass is 9.93. The molecule has 8 rings (SSSR count). The van der Waals surface area contributed by atoms with Crippen molar-refractivity contribution in [2.24, 2.45) is 0 Å². The molecule has 44 heavy (non-hydrogen) atoms. The van der Waals surface area contributed by atoms with Gasteiger partial charge in [-0.05, 0) is 86.7 Å². The van der Waals surface area contributed by atoms with Gasteiger partial charge in [0, 0.05) is 41.4 Å². The number of piperidine rings is 1. The van der Waals surface area contributed by atoms with Gasteiger partial charge in [0.2, 0.25) is 0 Å². The number of halogens is 3. The highest BCUT2D eigenvalue weighted by Gasteiger charge is 2.49. The van der Waals surface area contributed by atoms with Gasteiger partial charge in [-0.15, -0.1) is 6.42 Å². The summed E-state index contributed by atoms with van der Waals surface area (Å²) in [6, 6.07) is 9.75. The van der Waals surface area contributed by atoms with E-state index in [2.05, 4.69) is 20.7 Å². The summed E-state index contributed by atoms with van der Waals surface area (Å²) in [5.74, 6) is 1.72. The van der Waals surface area contributed by atoms with Crippen LogP contribution >= 0.6 is 0 Å². The van der Waals surface area contributed by atoms with Crippen LogP contribution in [0.3, 0.4) is 0 Å². The van der Waals surface area contributed by atoms with Gasteiger partial charge < -0.3 is 14.7 Å². The maximum absolute atomic E-state index is 16.8. The summed E-state index contributed by atoms with van der Waals surface area (Å²) in [5.41, 5.74) is 0.0800. The molecule has 4 aliphatic rings. The molecule has 0 radical (unpaired) electrons. The topological polar surface area (TPSA) is 61.7 Å². The molecule has 4 aromatic rings. The number of terminal acetylenes is 1. The molecule has 2 bridgehead atoms. The number of alkyl halides is 1. The minimum atomic E-state index is -0.897. The van der Waals surface area contributed by atoms with Crippen LogP contribution in [-0.4, -0.2) is 63.5 Å². The number of fused-ring (bicyclic) bond motifs is 5. The van der Waals surface area contributed by atoms with Crippen molar-refractivity contribution >= 4 is 27.5 Å². The molecule has 0 saturated carbocycles. The molecule has 3 aromatic carbocycles. The van der Waals surface area contributed by atoms with Gasteiger partial charge in [-0.25, -0.2) is 13.2 Å². The Kier molecular flexibility index (Phi) is 6.42. The van der Waals surface area contributed by atoms with E-state index in [0.29, 0.717) is 47.0 Å². The second kappa shape index (κ2) is 10.3. The van der Waals surface area contributed by atoms with Crippen LogP contribution in [0.15, 0.2) is 36.4 Å². The number of phenols is 1. The van der Waals surface area contributed by atoms with Crippen LogP contribution in [0, 0.1) is 24.0 Å². The minimum absolute atomic E-state index is 0.00241. The van der Waals surface area contributed by atoms with E-state index in [9.17, 15) is 13.9 Å². The van der Waals surface area contributed by atoms with Crippen molar-refractivity contribution in [2.45, 2.75) is 75.2 Å². The number of aromatic nitrogens is 2. The first-order valence-electron chi connectivity index (χ1n) is 15.6. The van der Waals surface area contributed by atoms with Crippen LogP contribution in [0.5, 0.6) is 11.8 Å². The second-order valence-electron chi connectivity index (χ2n) is 12.9. The molecule has 4 aliphatic heterocycles. The maximum atomic E-state index is 16.8. The zero-order valence-electron chi connectivity index (χ0n) is 24.3. The Morgan fingerprint density at radius 3 is 2.64 bits per heavy atom. The highest BCUT2D eigenvalue weighted by molar-refractivity contribution is 6.04. The molecule has 1 N–H and O–H groups in total. The fourth-order valence-corrected chi connectivity index (χ4v) is 8.48. The molecule has 4 saturated heterocycles. The van der Waals surface area contributed by atoms with Crippen LogP contribution in [0.4, 0.5) is 19.0 Å². The minimum Gasteiger partial charge on any atom is -0.508 e. The molecule has 4 fully saturated rings. The number of aromatic hydroxyl groups is 1. The summed E-state index contributed by atoms with van der Waals surface area (Å²) in [4.78, 5) is 14.0. The van der Waals surface area contributed by atoms with Crippen LogP contribution in [0.1, 0.15) is 56.9 Å². The quantitative estimate of drug-likeness (QED) is 0.253. The Hall–Kier alpha value is -4.03. The van der Waals surface area contributed by atoms with E-state index in [1.807, 2.05) is 0 Å². The third-order valence-corrected chi connectivity index (χ3v) is 10.4. The zero-order chi connectivity index (χ0) is 30.2. The number of hydrogen-bond donors (Lipinski definition) is 1. The largest absolute Gasteiger partial charge is 0.508 e. The molecule has 226 valence electrons. The average molecular weight is 599 g/mol. The standard InChI is InChI=1S/C35H33F3N4O2/c1-2-25-29(37)12-7-20-15-24(43)16-28(30(20)25)26-10-11-27-32(31(26)38)39-34(40-33(27)42-22-5-3-6-23(42)9-8-22)44-19-35-13-4-14-41(35)18-21(36)17-35/h1,7,10-12,15-16,21-23,43H,3-6,8-9,13-14,17-19H2/t21-,22?,23?,35+/m1/s1. The molecule has 0 amide bonds. The molecule has 9 heteroatoms. The van der Waals surface area contributed by atoms with Crippen molar-refractivity contribution in [3.05, 3.63) is 53.6 Å². The molecule has 5 heterocycles. The van der Waals surface area contributed by atoms with E-state index in [0.717, 1.165) is 51.5 Å². The van der Waals surface area contributed by atoms with E-state index in [4.69, 9.17) is 16.1 Å². The van der Waals surface area contributed by atoms with Gasteiger partial charge in [-0.1, -0.05) is 18.1 Å². The number of phenolic OH excluding ortho intramolecular Hbond substituents is 1. The van der Waals surface area contributed by atoms with Crippen molar-refractivity contribution in [1.82, 2.24) is 14.9 Å². The van der Waals surface area contributed by atoms with Crippen molar-refractivity contribution in [3.63, 3.8) is 0 Å². The predicted octanol–water partition coefficient (Wildman–Crippen LogP) is 6.89. The van der Waals surface area contributed by atoms with Gasteiger partial charge in [-0.2, -0.15) is 9.97 Å². The normalized spacial score (nSPS) is 26.4. The molecular formula is C35H33F3N4O2. The van der Waals surface area contributed by atoms with Crippen LogP contribution < -0.4 is 9.64 Å². The van der Waals surface area contributed by atoms with E-state index < -0.39 is 23.3 Å². The Balaban J connectivity index is 1.29. The highest BCUT2D eigenvalue weighted by atomic mass is 19.1. The fraction of sp³-hybridized carbons (Fsp3) is 0.429. The number of rotatable bonds is 5. The van der Waals surface area contributed by atoms with Gasteiger partial charge in [0.15, 0.2) is 5.82 Å². The van der Waals surface area contributed by atoms with Gasteiger partial charge in [0.1, 0.15) is 35.7 Å². The van der Waals surface area contributed by atoms with Crippen LogP contribution in [0.2, 0.25) is 0 Å². The molecule has 1 aromatic heterocycles. The van der Waals surface area contributed by atoms with Crippen molar-refractivity contribution < 1.29 is 23.0 Å². The summed E-state index contributed by atoms with van der Waals surface area (Å²) in [5, 5.41) is 11.9. The molecule has 4 atom stereocenters. The smallest absolute Gasteiger partial charge is 0.319 e. The molecule has 0 aliphatic carbocycles. The van der Waals surface area contributed by atoms with Gasteiger partial charge >= 0.3 is 6.01 Å². The third kappa shape index (κ3) is 4.21. The Bertz CT molecular complexity index is 1840. The van der Waals surface area contributed by atoms with E-state index in [1.54, 1.807) is 12.1 Å². The number of ether oxygens (including phenoxy) is 1. The number of hydrogen-bond acceptors (Lipinski definition) is 6. The molecular weight excluding hydrogens is 565 g/mol. The fourth-order valence-electron chi connectivity index (χ4n) is 8.48. The molecule has 0 spiro atoms. The predicted molar refractivity (Wildman–Crippen MR) is 164 cm³/mol. The van der Waals surface area contributed by atoms with Gasteiger partial charge in [0.25, 0.3) is 0 Å². The number of benzene rings is 3. The van der Waals surface area contributed by atoms with Crippen LogP contribution in [0.25, 0.3) is 32.8 Å². The van der Waals surface area contributed by atoms with E-state index >= 15 is 4.39 Å². The lowest BCUT2D eigenvalue weighted by Gasteiger charge is -2.36. The first kappa shape index (κ1) is 27.5. The van der Waals surface area contributed by atoms with E-state index in [-0.39, 0.29) is 40.6 Å². The van der Waals surface area contributed by atoms with Gasteiger partial charge in [0.05, 0.1) is 11.1 Å². The van der Waals surface area contributed by atoms with Crippen LogP contribution in [-0.2, 0) is 0 Å². The summed E-state index contributed by atoms with van der Waals surface area (Å²) < 4.78 is 52.4. The lowest BCUT2D eigenvalue weighted by Crippen LogP contribution is -2.43. The lowest BCUT2D eigenvalue weighted by molar-refractivity contribution is 0.107. The van der Waals surface area contributed by atoms with Crippen molar-refractivity contribution in [3.8, 4) is 35.2 Å². The van der Waals surface area contributed by atoms with Gasteiger partial charge in [-0.3, -0.25) is 4.90 Å². The van der Waals surface area contributed by atoms with Crippen molar-refractivity contribution in [1.29, 1.82) is 0 Å². The third-order valence-electron chi connectivity index (χ3n) is 10.4. The monoisotopic (exact) mass is 598 g/mol. The molecule has 6 nitrogen and oxygen atoms in total. The Morgan fingerprint density at radius 1 is 1.02 bits per heavy atom. The first-order chi connectivity index (χ1) is 21.3. The molecule has 2 unspecified atom stereocenters. The van der Waals surface area contributed by atoms with E-state index in [1.165, 1.54) is 24.3 Å². The summed E-state index contributed by atoms with van der Waals surface area (Å²) in [6.07, 6.45) is 12.4. The SMILES string of the molecule is C#Cc1c(F)ccc2cc(O)cc(-c3ccc4c(N5C6CCCC5CC6)nc(OC[C@@]56CCCN5C[C@H](F)C6)nc4c3F)c12. The second-order valence-corrected chi connectivity index (χ2v) is 12.9. The Labute approximate surface area is 253 Å². The first-order valence-corrected chi connectivity index (χ1v) is 15.6. The number of anilines is 1. The summed E-state index contributed by atoms with van der Waals surface area (Å²) in [6.45, 7) is 1.47. The average Bonchev–Trinajstić information content (AvgIpc) is 3.62. The summed E-state index contributed by atoms with van der Waals surface area (Å²) in [7, 11) is 0. The number of nitrogens with zero attached hydrogens (tertiary/aromatic N) is 4.